The number of nitrogen functional groups attached to an aromatic ring is 1. The summed E-state index contributed by atoms with van der Waals surface area (Å²) < 4.78 is 4.98. The zero-order valence-corrected chi connectivity index (χ0v) is 10.1. The molecule has 0 spiro atoms. The predicted molar refractivity (Wildman–Crippen MR) is 65.1 cm³/mol. The lowest BCUT2D eigenvalue weighted by Crippen LogP contribution is -2.17. The summed E-state index contributed by atoms with van der Waals surface area (Å²) in [5, 5.41) is 0. The van der Waals surface area contributed by atoms with Crippen LogP contribution in [0.4, 0.5) is 5.69 Å². The largest absolute Gasteiger partial charge is 0.466 e. The maximum Gasteiger partial charge on any atom is 0.308 e. The van der Waals surface area contributed by atoms with Crippen LogP contribution in [-0.4, -0.2) is 12.6 Å². The molecule has 0 radical (unpaired) electrons. The van der Waals surface area contributed by atoms with Gasteiger partial charge in [-0.05, 0) is 37.5 Å². The molecule has 0 bridgehead atoms. The quantitative estimate of drug-likeness (QED) is 0.627. The van der Waals surface area contributed by atoms with Gasteiger partial charge in [0.1, 0.15) is 0 Å². The van der Waals surface area contributed by atoms with Gasteiger partial charge in [-0.3, -0.25) is 4.79 Å². The molecule has 0 heterocycles. The summed E-state index contributed by atoms with van der Waals surface area (Å²) in [5.74, 6) is -0.273. The van der Waals surface area contributed by atoms with E-state index in [1.165, 1.54) is 0 Å². The molecule has 1 atom stereocenters. The van der Waals surface area contributed by atoms with Gasteiger partial charge in [-0.1, -0.05) is 19.1 Å². The molecule has 3 nitrogen and oxygen atoms in total. The van der Waals surface area contributed by atoms with Crippen LogP contribution in [0.25, 0.3) is 0 Å². The van der Waals surface area contributed by atoms with Crippen LogP contribution in [0.3, 0.4) is 0 Å². The molecule has 3 heteroatoms. The zero-order valence-electron chi connectivity index (χ0n) is 10.1. The molecular formula is C13H19NO2. The van der Waals surface area contributed by atoms with Gasteiger partial charge in [-0.15, -0.1) is 0 Å². The highest BCUT2D eigenvalue weighted by Gasteiger charge is 2.15. The van der Waals surface area contributed by atoms with Crippen molar-refractivity contribution in [3.05, 3.63) is 29.3 Å². The molecule has 0 aromatic heterocycles. The molecule has 1 aromatic carbocycles. The van der Waals surface area contributed by atoms with E-state index in [4.69, 9.17) is 10.5 Å². The van der Waals surface area contributed by atoms with E-state index < -0.39 is 0 Å². The van der Waals surface area contributed by atoms with Crippen LogP contribution in [0.1, 0.15) is 25.0 Å². The number of rotatable bonds is 4. The lowest BCUT2D eigenvalue weighted by molar-refractivity contribution is -0.147. The van der Waals surface area contributed by atoms with Gasteiger partial charge in [-0.25, -0.2) is 0 Å². The smallest absolute Gasteiger partial charge is 0.308 e. The SMILES string of the molecule is CCOC(=O)C(C)Cc1cccc(N)c1C. The minimum absolute atomic E-state index is 0.125. The summed E-state index contributed by atoms with van der Waals surface area (Å²) in [6.45, 7) is 6.10. The summed E-state index contributed by atoms with van der Waals surface area (Å²) >= 11 is 0. The van der Waals surface area contributed by atoms with E-state index in [-0.39, 0.29) is 11.9 Å². The Balaban J connectivity index is 2.73. The van der Waals surface area contributed by atoms with Crippen LogP contribution >= 0.6 is 0 Å². The fraction of sp³-hybridized carbons (Fsp3) is 0.462. The van der Waals surface area contributed by atoms with Gasteiger partial charge >= 0.3 is 5.97 Å². The third-order valence-electron chi connectivity index (χ3n) is 2.70. The normalized spacial score (nSPS) is 12.2. The molecule has 0 aliphatic carbocycles. The molecule has 0 aliphatic rings. The molecule has 0 aliphatic heterocycles. The maximum absolute atomic E-state index is 11.5. The number of benzene rings is 1. The molecule has 1 rings (SSSR count). The van der Waals surface area contributed by atoms with Crippen molar-refractivity contribution in [3.63, 3.8) is 0 Å². The Hall–Kier alpha value is -1.51. The molecule has 1 aromatic rings. The number of anilines is 1. The summed E-state index contributed by atoms with van der Waals surface area (Å²) in [6, 6.07) is 5.78. The molecule has 0 saturated carbocycles. The van der Waals surface area contributed by atoms with Crippen LogP contribution in [0.5, 0.6) is 0 Å². The minimum atomic E-state index is -0.149. The topological polar surface area (TPSA) is 52.3 Å². The van der Waals surface area contributed by atoms with E-state index in [1.54, 1.807) is 0 Å². The number of carbonyl (C=O) groups excluding carboxylic acids is 1. The standard InChI is InChI=1S/C13H19NO2/c1-4-16-13(15)9(2)8-11-6-5-7-12(14)10(11)3/h5-7,9H,4,8,14H2,1-3H3. The molecule has 0 saturated heterocycles. The lowest BCUT2D eigenvalue weighted by atomic mass is 9.96. The van der Waals surface area contributed by atoms with Crippen molar-refractivity contribution >= 4 is 11.7 Å². The van der Waals surface area contributed by atoms with Crippen molar-refractivity contribution in [1.29, 1.82) is 0 Å². The van der Waals surface area contributed by atoms with E-state index in [9.17, 15) is 4.79 Å². The Labute approximate surface area is 96.6 Å². The van der Waals surface area contributed by atoms with Crippen LogP contribution in [0.2, 0.25) is 0 Å². The van der Waals surface area contributed by atoms with Gasteiger partial charge in [0, 0.05) is 5.69 Å². The van der Waals surface area contributed by atoms with Crippen molar-refractivity contribution in [2.75, 3.05) is 12.3 Å². The van der Waals surface area contributed by atoms with Crippen molar-refractivity contribution < 1.29 is 9.53 Å². The fourth-order valence-electron chi connectivity index (χ4n) is 1.62. The third kappa shape index (κ3) is 2.99. The molecule has 1 unspecified atom stereocenters. The highest BCUT2D eigenvalue weighted by molar-refractivity contribution is 5.72. The Bertz CT molecular complexity index is 374. The number of carbonyl (C=O) groups is 1. The third-order valence-corrected chi connectivity index (χ3v) is 2.70. The Morgan fingerprint density at radius 3 is 2.81 bits per heavy atom. The summed E-state index contributed by atoms with van der Waals surface area (Å²) in [7, 11) is 0. The first-order chi connectivity index (χ1) is 7.56. The second kappa shape index (κ2) is 5.54. The van der Waals surface area contributed by atoms with Gasteiger partial charge in [0.15, 0.2) is 0 Å². The van der Waals surface area contributed by atoms with Crippen molar-refractivity contribution in [2.45, 2.75) is 27.2 Å². The Morgan fingerprint density at radius 1 is 1.50 bits per heavy atom. The van der Waals surface area contributed by atoms with Crippen LogP contribution in [0.15, 0.2) is 18.2 Å². The maximum atomic E-state index is 11.5. The number of esters is 1. The van der Waals surface area contributed by atoms with Crippen molar-refractivity contribution in [3.8, 4) is 0 Å². The summed E-state index contributed by atoms with van der Waals surface area (Å²) in [5.41, 5.74) is 8.75. The minimum Gasteiger partial charge on any atom is -0.466 e. The van der Waals surface area contributed by atoms with Crippen LogP contribution in [-0.2, 0) is 16.0 Å². The van der Waals surface area contributed by atoms with Gasteiger partial charge in [0.2, 0.25) is 0 Å². The molecule has 0 fully saturated rings. The first-order valence-electron chi connectivity index (χ1n) is 5.56. The van der Waals surface area contributed by atoms with E-state index in [2.05, 4.69) is 0 Å². The van der Waals surface area contributed by atoms with Gasteiger partial charge in [-0.2, -0.15) is 0 Å². The number of hydrogen-bond donors (Lipinski definition) is 1. The summed E-state index contributed by atoms with van der Waals surface area (Å²) in [6.07, 6.45) is 0.676. The van der Waals surface area contributed by atoms with Gasteiger partial charge in [0.05, 0.1) is 12.5 Å². The van der Waals surface area contributed by atoms with E-state index in [0.29, 0.717) is 13.0 Å². The highest BCUT2D eigenvalue weighted by Crippen LogP contribution is 2.19. The van der Waals surface area contributed by atoms with Crippen LogP contribution < -0.4 is 5.73 Å². The summed E-state index contributed by atoms with van der Waals surface area (Å²) in [4.78, 5) is 11.5. The molecule has 2 N–H and O–H groups in total. The second-order valence-corrected chi connectivity index (χ2v) is 3.99. The van der Waals surface area contributed by atoms with Crippen molar-refractivity contribution in [2.24, 2.45) is 5.92 Å². The number of ether oxygens (including phenoxy) is 1. The molecular weight excluding hydrogens is 202 g/mol. The fourth-order valence-corrected chi connectivity index (χ4v) is 1.62. The molecule has 16 heavy (non-hydrogen) atoms. The van der Waals surface area contributed by atoms with Crippen LogP contribution in [0, 0.1) is 12.8 Å². The monoisotopic (exact) mass is 221 g/mol. The van der Waals surface area contributed by atoms with Crippen molar-refractivity contribution in [1.82, 2.24) is 0 Å². The predicted octanol–water partition coefficient (Wildman–Crippen LogP) is 2.32. The first kappa shape index (κ1) is 12.6. The highest BCUT2D eigenvalue weighted by atomic mass is 16.5. The van der Waals surface area contributed by atoms with Gasteiger partial charge < -0.3 is 10.5 Å². The Kier molecular flexibility index (Phi) is 4.35. The van der Waals surface area contributed by atoms with Gasteiger partial charge in [0.25, 0.3) is 0 Å². The molecule has 0 amide bonds. The first-order valence-corrected chi connectivity index (χ1v) is 5.56. The number of nitrogens with two attached hydrogens (primary N) is 1. The average Bonchev–Trinajstić information content (AvgIpc) is 2.25. The van der Waals surface area contributed by atoms with E-state index in [0.717, 1.165) is 16.8 Å². The Morgan fingerprint density at radius 2 is 2.19 bits per heavy atom. The van der Waals surface area contributed by atoms with E-state index in [1.807, 2.05) is 39.0 Å². The van der Waals surface area contributed by atoms with E-state index >= 15 is 0 Å². The molecule has 88 valence electrons. The lowest BCUT2D eigenvalue weighted by Gasteiger charge is -2.13. The second-order valence-electron chi connectivity index (χ2n) is 3.99. The average molecular weight is 221 g/mol. The zero-order chi connectivity index (χ0) is 12.1. The number of hydrogen-bond acceptors (Lipinski definition) is 3.